The SMILES string of the molecule is CCN(CC)C(=O)C(C)Nc1nccc(C)c1[N+](=O)[O-]. The molecule has 0 saturated heterocycles. The maximum absolute atomic E-state index is 12.1. The van der Waals surface area contributed by atoms with Crippen molar-refractivity contribution in [3.05, 3.63) is 27.9 Å². The van der Waals surface area contributed by atoms with Gasteiger partial charge in [-0.05, 0) is 33.8 Å². The molecule has 0 spiro atoms. The smallest absolute Gasteiger partial charge is 0.314 e. The summed E-state index contributed by atoms with van der Waals surface area (Å²) in [6, 6.07) is 1.00. The summed E-state index contributed by atoms with van der Waals surface area (Å²) in [5.74, 6) is 0.0237. The van der Waals surface area contributed by atoms with Gasteiger partial charge in [0, 0.05) is 24.8 Å². The maximum atomic E-state index is 12.1. The topological polar surface area (TPSA) is 88.4 Å². The Morgan fingerprint density at radius 3 is 2.60 bits per heavy atom. The van der Waals surface area contributed by atoms with Gasteiger partial charge >= 0.3 is 5.69 Å². The molecule has 7 heteroatoms. The van der Waals surface area contributed by atoms with Crippen molar-refractivity contribution in [3.63, 3.8) is 0 Å². The van der Waals surface area contributed by atoms with E-state index in [9.17, 15) is 14.9 Å². The summed E-state index contributed by atoms with van der Waals surface area (Å²) >= 11 is 0. The second-order valence-electron chi connectivity index (χ2n) is 4.46. The average molecular weight is 280 g/mol. The summed E-state index contributed by atoms with van der Waals surface area (Å²) in [4.78, 5) is 28.4. The number of anilines is 1. The number of hydrogen-bond acceptors (Lipinski definition) is 5. The van der Waals surface area contributed by atoms with Crippen LogP contribution in [-0.4, -0.2) is 39.8 Å². The number of aryl methyl sites for hydroxylation is 1. The fourth-order valence-corrected chi connectivity index (χ4v) is 1.96. The summed E-state index contributed by atoms with van der Waals surface area (Å²) < 4.78 is 0. The third-order valence-corrected chi connectivity index (χ3v) is 3.11. The van der Waals surface area contributed by atoms with Gasteiger partial charge in [0.25, 0.3) is 0 Å². The Hall–Kier alpha value is -2.18. The molecular weight excluding hydrogens is 260 g/mol. The first-order valence-corrected chi connectivity index (χ1v) is 6.57. The number of rotatable bonds is 6. The van der Waals surface area contributed by atoms with E-state index >= 15 is 0 Å². The summed E-state index contributed by atoms with van der Waals surface area (Å²) in [6.45, 7) is 8.30. The van der Waals surface area contributed by atoms with Crippen molar-refractivity contribution in [1.82, 2.24) is 9.88 Å². The van der Waals surface area contributed by atoms with E-state index in [2.05, 4.69) is 10.3 Å². The lowest BCUT2D eigenvalue weighted by molar-refractivity contribution is -0.384. The molecule has 0 radical (unpaired) electrons. The monoisotopic (exact) mass is 280 g/mol. The van der Waals surface area contributed by atoms with E-state index in [4.69, 9.17) is 0 Å². The maximum Gasteiger partial charge on any atom is 0.314 e. The van der Waals surface area contributed by atoms with Gasteiger partial charge in [-0.3, -0.25) is 14.9 Å². The highest BCUT2D eigenvalue weighted by Gasteiger charge is 2.24. The van der Waals surface area contributed by atoms with E-state index in [0.29, 0.717) is 18.7 Å². The van der Waals surface area contributed by atoms with E-state index in [1.165, 1.54) is 6.20 Å². The second-order valence-corrected chi connectivity index (χ2v) is 4.46. The summed E-state index contributed by atoms with van der Waals surface area (Å²) in [5.41, 5.74) is 0.418. The van der Waals surface area contributed by atoms with Gasteiger partial charge in [0.05, 0.1) is 4.92 Å². The molecule has 0 saturated carbocycles. The molecular formula is C13H20N4O3. The Bertz CT molecular complexity index is 500. The second kappa shape index (κ2) is 6.83. The fourth-order valence-electron chi connectivity index (χ4n) is 1.96. The van der Waals surface area contributed by atoms with Crippen LogP contribution in [0.25, 0.3) is 0 Å². The molecule has 0 aliphatic rings. The number of hydrogen-bond donors (Lipinski definition) is 1. The van der Waals surface area contributed by atoms with Gasteiger partial charge in [-0.15, -0.1) is 0 Å². The van der Waals surface area contributed by atoms with Crippen LogP contribution in [0, 0.1) is 17.0 Å². The highest BCUT2D eigenvalue weighted by Crippen LogP contribution is 2.26. The zero-order valence-electron chi connectivity index (χ0n) is 12.2. The predicted molar refractivity (Wildman–Crippen MR) is 76.6 cm³/mol. The van der Waals surface area contributed by atoms with Crippen LogP contribution >= 0.6 is 0 Å². The van der Waals surface area contributed by atoms with Crippen LogP contribution in [0.4, 0.5) is 11.5 Å². The lowest BCUT2D eigenvalue weighted by atomic mass is 10.2. The third-order valence-electron chi connectivity index (χ3n) is 3.11. The van der Waals surface area contributed by atoms with Crippen molar-refractivity contribution in [3.8, 4) is 0 Å². The molecule has 1 atom stereocenters. The Labute approximate surface area is 118 Å². The number of carbonyl (C=O) groups excluding carboxylic acids is 1. The lowest BCUT2D eigenvalue weighted by Crippen LogP contribution is -2.41. The minimum absolute atomic E-state index is 0.0910. The number of nitro groups is 1. The number of nitrogens with zero attached hydrogens (tertiary/aromatic N) is 3. The standard InChI is InChI=1S/C13H20N4O3/c1-5-16(6-2)13(18)10(4)15-12-11(17(19)20)9(3)7-8-14-12/h7-8,10H,5-6H2,1-4H3,(H,14,15). The molecule has 1 heterocycles. The molecule has 1 N–H and O–H groups in total. The van der Waals surface area contributed by atoms with E-state index in [-0.39, 0.29) is 17.4 Å². The van der Waals surface area contributed by atoms with Gasteiger partial charge in [-0.25, -0.2) is 4.98 Å². The highest BCUT2D eigenvalue weighted by atomic mass is 16.6. The fraction of sp³-hybridized carbons (Fsp3) is 0.538. The Morgan fingerprint density at radius 2 is 2.10 bits per heavy atom. The molecule has 1 amide bonds. The van der Waals surface area contributed by atoms with Gasteiger partial charge in [0.2, 0.25) is 11.7 Å². The molecule has 1 aromatic heterocycles. The van der Waals surface area contributed by atoms with Crippen molar-refractivity contribution in [2.24, 2.45) is 0 Å². The van der Waals surface area contributed by atoms with Crippen molar-refractivity contribution in [2.75, 3.05) is 18.4 Å². The molecule has 1 unspecified atom stereocenters. The van der Waals surface area contributed by atoms with E-state index in [1.54, 1.807) is 24.8 Å². The first-order valence-electron chi connectivity index (χ1n) is 6.57. The Kier molecular flexibility index (Phi) is 5.42. The molecule has 1 rings (SSSR count). The van der Waals surface area contributed by atoms with Crippen molar-refractivity contribution < 1.29 is 9.72 Å². The summed E-state index contributed by atoms with van der Waals surface area (Å²) in [6.07, 6.45) is 1.49. The van der Waals surface area contributed by atoms with Crippen LogP contribution in [0.2, 0.25) is 0 Å². The molecule has 1 aromatic rings. The number of nitrogens with one attached hydrogen (secondary N) is 1. The average Bonchev–Trinajstić information content (AvgIpc) is 2.39. The van der Waals surface area contributed by atoms with Crippen LogP contribution in [0.5, 0.6) is 0 Å². The van der Waals surface area contributed by atoms with Gasteiger partial charge in [0.15, 0.2) is 0 Å². The highest BCUT2D eigenvalue weighted by molar-refractivity contribution is 5.84. The third kappa shape index (κ3) is 3.43. The van der Waals surface area contributed by atoms with Gasteiger partial charge < -0.3 is 10.2 Å². The van der Waals surface area contributed by atoms with Crippen LogP contribution in [-0.2, 0) is 4.79 Å². The molecule has 0 aliphatic carbocycles. The summed E-state index contributed by atoms with van der Waals surface area (Å²) in [7, 11) is 0. The lowest BCUT2D eigenvalue weighted by Gasteiger charge is -2.23. The van der Waals surface area contributed by atoms with E-state index in [0.717, 1.165) is 0 Å². The largest absolute Gasteiger partial charge is 0.353 e. The van der Waals surface area contributed by atoms with Crippen molar-refractivity contribution >= 4 is 17.4 Å². The minimum Gasteiger partial charge on any atom is -0.353 e. The number of amides is 1. The zero-order chi connectivity index (χ0) is 15.3. The predicted octanol–water partition coefficient (Wildman–Crippen LogP) is 1.97. The van der Waals surface area contributed by atoms with Crippen molar-refractivity contribution in [2.45, 2.75) is 33.7 Å². The number of pyridine rings is 1. The molecule has 0 aromatic carbocycles. The zero-order valence-corrected chi connectivity index (χ0v) is 12.2. The number of carbonyl (C=O) groups is 1. The molecule has 0 aliphatic heterocycles. The number of aromatic nitrogens is 1. The van der Waals surface area contributed by atoms with Gasteiger partial charge in [-0.1, -0.05) is 0 Å². The molecule has 7 nitrogen and oxygen atoms in total. The van der Waals surface area contributed by atoms with E-state index in [1.807, 2.05) is 13.8 Å². The normalized spacial score (nSPS) is 11.8. The van der Waals surface area contributed by atoms with Crippen LogP contribution < -0.4 is 5.32 Å². The summed E-state index contributed by atoms with van der Waals surface area (Å²) in [5, 5.41) is 13.9. The number of likely N-dealkylation sites (N-methyl/N-ethyl adjacent to an activating group) is 1. The van der Waals surface area contributed by atoms with E-state index < -0.39 is 11.0 Å². The van der Waals surface area contributed by atoms with Crippen LogP contribution in [0.3, 0.4) is 0 Å². The van der Waals surface area contributed by atoms with Gasteiger partial charge in [0.1, 0.15) is 6.04 Å². The Balaban J connectivity index is 2.96. The molecule has 20 heavy (non-hydrogen) atoms. The van der Waals surface area contributed by atoms with Gasteiger partial charge in [-0.2, -0.15) is 0 Å². The minimum atomic E-state index is -0.567. The van der Waals surface area contributed by atoms with Crippen molar-refractivity contribution in [1.29, 1.82) is 0 Å². The van der Waals surface area contributed by atoms with Crippen LogP contribution in [0.1, 0.15) is 26.3 Å². The van der Waals surface area contributed by atoms with Crippen LogP contribution in [0.15, 0.2) is 12.3 Å². The Morgan fingerprint density at radius 1 is 1.50 bits per heavy atom. The molecule has 0 fully saturated rings. The quantitative estimate of drug-likeness (QED) is 0.635. The first kappa shape index (κ1) is 15.9. The first-order chi connectivity index (χ1) is 9.42. The molecule has 0 bridgehead atoms. The molecule has 110 valence electrons.